The van der Waals surface area contributed by atoms with Gasteiger partial charge < -0.3 is 10.4 Å². The lowest BCUT2D eigenvalue weighted by Crippen LogP contribution is -2.37. The number of carbonyl (C=O) groups excluding carboxylic acids is 1. The van der Waals surface area contributed by atoms with Gasteiger partial charge in [0, 0.05) is 6.54 Å². The Balaban J connectivity index is 2.13. The van der Waals surface area contributed by atoms with Crippen molar-refractivity contribution in [3.05, 3.63) is 48.0 Å². The number of nitrogens with one attached hydrogen (secondary N) is 1. The average molecular weight is 331 g/mol. The molecule has 2 aromatic rings. The zero-order valence-electron chi connectivity index (χ0n) is 13.3. The Morgan fingerprint density at radius 3 is 2.57 bits per heavy atom. The molecule has 5 heteroatoms. The Morgan fingerprint density at radius 1 is 1.17 bits per heavy atom. The van der Waals surface area contributed by atoms with E-state index in [1.54, 1.807) is 6.92 Å². The van der Waals surface area contributed by atoms with Crippen LogP contribution in [0, 0.1) is 5.92 Å². The van der Waals surface area contributed by atoms with Gasteiger partial charge in [0.1, 0.15) is 0 Å². The van der Waals surface area contributed by atoms with Gasteiger partial charge in [-0.15, -0.1) is 0 Å². The lowest BCUT2D eigenvalue weighted by Gasteiger charge is -2.16. The number of benzene rings is 2. The Morgan fingerprint density at radius 2 is 1.87 bits per heavy atom. The summed E-state index contributed by atoms with van der Waals surface area (Å²) in [6, 6.07) is 13.8. The Hall–Kier alpha value is -2.01. The highest BCUT2D eigenvalue weighted by atomic mass is 32.2. The summed E-state index contributed by atoms with van der Waals surface area (Å²) in [6.07, 6.45) is 2.25. The summed E-state index contributed by atoms with van der Waals surface area (Å²) in [5, 5.41) is 14.2. The molecule has 2 unspecified atom stereocenters. The van der Waals surface area contributed by atoms with Gasteiger partial charge in [-0.25, -0.2) is 0 Å². The highest BCUT2D eigenvalue weighted by molar-refractivity contribution is 7.99. The van der Waals surface area contributed by atoms with E-state index in [-0.39, 0.29) is 17.7 Å². The number of thioether (sulfide) groups is 1. The van der Waals surface area contributed by atoms with Crippen molar-refractivity contribution in [2.75, 3.05) is 12.8 Å². The van der Waals surface area contributed by atoms with Gasteiger partial charge in [-0.05, 0) is 35.9 Å². The van der Waals surface area contributed by atoms with Crippen molar-refractivity contribution in [3.63, 3.8) is 0 Å². The molecule has 4 nitrogen and oxygen atoms in total. The monoisotopic (exact) mass is 331 g/mol. The minimum atomic E-state index is -0.893. The molecule has 2 atom stereocenters. The number of aliphatic carboxylic acids is 1. The van der Waals surface area contributed by atoms with E-state index in [0.29, 0.717) is 6.42 Å². The average Bonchev–Trinajstić information content (AvgIpc) is 2.57. The second-order valence-corrected chi connectivity index (χ2v) is 6.68. The van der Waals surface area contributed by atoms with Crippen LogP contribution in [0.5, 0.6) is 0 Å². The fraction of sp³-hybridized carbons (Fsp3) is 0.333. The molecular weight excluding hydrogens is 310 g/mol. The van der Waals surface area contributed by atoms with Gasteiger partial charge in [0.2, 0.25) is 5.91 Å². The van der Waals surface area contributed by atoms with Crippen molar-refractivity contribution < 1.29 is 14.7 Å². The van der Waals surface area contributed by atoms with E-state index in [1.807, 2.05) is 48.7 Å². The van der Waals surface area contributed by atoms with E-state index < -0.39 is 11.9 Å². The molecule has 0 aliphatic rings. The summed E-state index contributed by atoms with van der Waals surface area (Å²) in [4.78, 5) is 23.4. The highest BCUT2D eigenvalue weighted by Gasteiger charge is 2.21. The van der Waals surface area contributed by atoms with Crippen LogP contribution in [0.15, 0.2) is 42.5 Å². The number of hydrogen-bond acceptors (Lipinski definition) is 3. The van der Waals surface area contributed by atoms with Gasteiger partial charge >= 0.3 is 5.97 Å². The van der Waals surface area contributed by atoms with Gasteiger partial charge in [-0.2, -0.15) is 11.8 Å². The first-order valence-corrected chi connectivity index (χ1v) is 8.81. The second-order valence-electron chi connectivity index (χ2n) is 5.50. The molecule has 0 aliphatic carbocycles. The Labute approximate surface area is 140 Å². The van der Waals surface area contributed by atoms with Crippen molar-refractivity contribution >= 4 is 34.4 Å². The molecule has 2 N–H and O–H groups in total. The number of rotatable bonds is 7. The maximum atomic E-state index is 11.8. The smallest absolute Gasteiger partial charge is 0.308 e. The molecule has 0 aromatic heterocycles. The minimum absolute atomic E-state index is 0.123. The van der Waals surface area contributed by atoms with Crippen LogP contribution in [-0.2, 0) is 16.0 Å². The van der Waals surface area contributed by atoms with Crippen molar-refractivity contribution in [2.24, 2.45) is 5.92 Å². The lowest BCUT2D eigenvalue weighted by molar-refractivity contribution is -0.141. The summed E-state index contributed by atoms with van der Waals surface area (Å²) in [5.74, 6) is -1.66. The summed E-state index contributed by atoms with van der Waals surface area (Å²) in [6.45, 7) is 1.95. The van der Waals surface area contributed by atoms with Crippen LogP contribution in [0.2, 0.25) is 0 Å². The molecule has 0 saturated carbocycles. The van der Waals surface area contributed by atoms with E-state index in [4.69, 9.17) is 0 Å². The molecular formula is C18H21NO3S. The van der Waals surface area contributed by atoms with E-state index in [9.17, 15) is 14.7 Å². The van der Waals surface area contributed by atoms with Crippen molar-refractivity contribution in [3.8, 4) is 0 Å². The Bertz CT molecular complexity index is 696. The lowest BCUT2D eigenvalue weighted by atomic mass is 9.95. The number of carboxylic acid groups (broad SMARTS) is 1. The third-order valence-corrected chi connectivity index (χ3v) is 4.86. The Kier molecular flexibility index (Phi) is 6.04. The van der Waals surface area contributed by atoms with Crippen molar-refractivity contribution in [2.45, 2.75) is 18.6 Å². The predicted molar refractivity (Wildman–Crippen MR) is 94.8 cm³/mol. The number of carboxylic acids is 1. The maximum Gasteiger partial charge on any atom is 0.308 e. The molecule has 2 rings (SSSR count). The molecule has 0 fully saturated rings. The van der Waals surface area contributed by atoms with Crippen LogP contribution in [0.1, 0.15) is 12.5 Å². The molecule has 0 spiro atoms. The quantitative estimate of drug-likeness (QED) is 0.818. The third kappa shape index (κ3) is 4.48. The molecule has 0 radical (unpaired) electrons. The molecule has 23 heavy (non-hydrogen) atoms. The fourth-order valence-electron chi connectivity index (χ4n) is 2.46. The molecule has 0 aliphatic heterocycles. The molecule has 0 saturated heterocycles. The van der Waals surface area contributed by atoms with E-state index in [1.165, 1.54) is 11.8 Å². The third-order valence-electron chi connectivity index (χ3n) is 3.94. The van der Waals surface area contributed by atoms with Gasteiger partial charge in [0.15, 0.2) is 0 Å². The minimum Gasteiger partial charge on any atom is -0.481 e. The largest absolute Gasteiger partial charge is 0.481 e. The fourth-order valence-corrected chi connectivity index (χ4v) is 2.75. The zero-order chi connectivity index (χ0) is 16.8. The zero-order valence-corrected chi connectivity index (χ0v) is 14.1. The summed E-state index contributed by atoms with van der Waals surface area (Å²) in [5.41, 5.74) is 0.989. The summed E-state index contributed by atoms with van der Waals surface area (Å²) >= 11 is 1.44. The molecule has 0 heterocycles. The van der Waals surface area contributed by atoms with Gasteiger partial charge in [0.05, 0.1) is 11.2 Å². The molecule has 122 valence electrons. The van der Waals surface area contributed by atoms with Crippen LogP contribution in [0.3, 0.4) is 0 Å². The molecule has 1 amide bonds. The van der Waals surface area contributed by atoms with E-state index in [0.717, 1.165) is 16.3 Å². The van der Waals surface area contributed by atoms with Crippen LogP contribution in [-0.4, -0.2) is 35.0 Å². The van der Waals surface area contributed by atoms with E-state index >= 15 is 0 Å². The van der Waals surface area contributed by atoms with E-state index in [2.05, 4.69) is 5.32 Å². The van der Waals surface area contributed by atoms with Crippen molar-refractivity contribution in [1.82, 2.24) is 5.32 Å². The van der Waals surface area contributed by atoms with Crippen molar-refractivity contribution in [1.29, 1.82) is 0 Å². The molecule has 2 aromatic carbocycles. The molecule has 0 bridgehead atoms. The number of fused-ring (bicyclic) bond motifs is 1. The number of hydrogen-bond donors (Lipinski definition) is 2. The standard InChI is InChI=1S/C18H21NO3S/c1-12(23-2)17(20)19-11-15(18(21)22)10-14-8-5-7-13-6-3-4-9-16(13)14/h3-9,12,15H,10-11H2,1-2H3,(H,19,20)(H,21,22). The van der Waals surface area contributed by atoms with Crippen LogP contribution >= 0.6 is 11.8 Å². The summed E-state index contributed by atoms with van der Waals surface area (Å²) < 4.78 is 0. The second kappa shape index (κ2) is 8.02. The first-order valence-electron chi connectivity index (χ1n) is 7.53. The summed E-state index contributed by atoms with van der Waals surface area (Å²) in [7, 11) is 0. The predicted octanol–water partition coefficient (Wildman–Crippen LogP) is 2.95. The van der Waals surface area contributed by atoms with Gasteiger partial charge in [-0.1, -0.05) is 42.5 Å². The van der Waals surface area contributed by atoms with Gasteiger partial charge in [-0.3, -0.25) is 9.59 Å². The number of amides is 1. The number of carbonyl (C=O) groups is 2. The van der Waals surface area contributed by atoms with Crippen LogP contribution in [0.4, 0.5) is 0 Å². The SMILES string of the molecule is CSC(C)C(=O)NCC(Cc1cccc2ccccc12)C(=O)O. The first-order chi connectivity index (χ1) is 11.0. The topological polar surface area (TPSA) is 66.4 Å². The maximum absolute atomic E-state index is 11.8. The highest BCUT2D eigenvalue weighted by Crippen LogP contribution is 2.21. The van der Waals surface area contributed by atoms with Gasteiger partial charge in [0.25, 0.3) is 0 Å². The first kappa shape index (κ1) is 17.3. The van der Waals surface area contributed by atoms with Crippen LogP contribution in [0.25, 0.3) is 10.8 Å². The normalized spacial score (nSPS) is 13.5. The van der Waals surface area contributed by atoms with Crippen LogP contribution < -0.4 is 5.32 Å².